The first kappa shape index (κ1) is 20.2. The highest BCUT2D eigenvalue weighted by Gasteiger charge is 2.33. The van der Waals surface area contributed by atoms with Gasteiger partial charge < -0.3 is 9.64 Å². The minimum absolute atomic E-state index is 0.137. The van der Waals surface area contributed by atoms with Crippen LogP contribution in [0.25, 0.3) is 0 Å². The Bertz CT molecular complexity index is 895. The van der Waals surface area contributed by atoms with Gasteiger partial charge in [0, 0.05) is 18.3 Å². The molecule has 2 aromatic rings. The lowest BCUT2D eigenvalue weighted by Crippen LogP contribution is -2.45. The lowest BCUT2D eigenvalue weighted by Gasteiger charge is -2.45. The van der Waals surface area contributed by atoms with Gasteiger partial charge in [-0.25, -0.2) is 5.43 Å². The average molecular weight is 400 g/mol. The molecule has 0 saturated heterocycles. The molecule has 1 aliphatic rings. The van der Waals surface area contributed by atoms with Crippen LogP contribution in [0, 0.1) is 0 Å². The van der Waals surface area contributed by atoms with Crippen LogP contribution in [-0.4, -0.2) is 31.3 Å². The molecule has 28 heavy (non-hydrogen) atoms. The second-order valence-corrected chi connectivity index (χ2v) is 8.21. The van der Waals surface area contributed by atoms with E-state index in [0.717, 1.165) is 12.0 Å². The van der Waals surface area contributed by atoms with Crippen molar-refractivity contribution in [3.8, 4) is 5.75 Å². The fourth-order valence-electron chi connectivity index (χ4n) is 3.59. The van der Waals surface area contributed by atoms with E-state index in [0.29, 0.717) is 16.7 Å². The molecule has 0 fully saturated rings. The first-order chi connectivity index (χ1) is 13.3. The van der Waals surface area contributed by atoms with Gasteiger partial charge in [0.05, 0.1) is 11.2 Å². The molecule has 1 amide bonds. The maximum absolute atomic E-state index is 11.9. The highest BCUT2D eigenvalue weighted by Crippen LogP contribution is 2.42. The third kappa shape index (κ3) is 4.47. The molecule has 0 radical (unpaired) electrons. The van der Waals surface area contributed by atoms with Crippen LogP contribution >= 0.6 is 11.6 Å². The zero-order valence-corrected chi connectivity index (χ0v) is 17.5. The maximum atomic E-state index is 11.9. The fourth-order valence-corrected chi connectivity index (χ4v) is 3.78. The summed E-state index contributed by atoms with van der Waals surface area (Å²) < 4.78 is 5.40. The van der Waals surface area contributed by atoms with Crippen LogP contribution in [0.15, 0.2) is 47.6 Å². The van der Waals surface area contributed by atoms with E-state index in [1.54, 1.807) is 30.5 Å². The summed E-state index contributed by atoms with van der Waals surface area (Å²) in [6.07, 6.45) is 2.74. The van der Waals surface area contributed by atoms with Gasteiger partial charge in [-0.15, -0.1) is 0 Å². The largest absolute Gasteiger partial charge is 0.482 e. The fraction of sp³-hybridized carbons (Fsp3) is 0.364. The summed E-state index contributed by atoms with van der Waals surface area (Å²) in [6.45, 7) is 6.63. The van der Waals surface area contributed by atoms with E-state index >= 15 is 0 Å². The summed E-state index contributed by atoms with van der Waals surface area (Å²) in [5, 5.41) is 4.51. The molecule has 1 aliphatic heterocycles. The molecule has 0 aliphatic carbocycles. The van der Waals surface area contributed by atoms with Gasteiger partial charge in [0.1, 0.15) is 5.75 Å². The standard InChI is InChI=1S/C22H26ClN3O2/c1-15-12-22(2,3)26(4)19-10-9-16(11-17(15)19)13-24-25-21(27)14-28-20-8-6-5-7-18(20)23/h5-11,13,15H,12,14H2,1-4H3,(H,25,27)/b24-13+/t15-/m1/s1. The Kier molecular flexibility index (Phi) is 5.94. The molecule has 1 N–H and O–H groups in total. The predicted molar refractivity (Wildman–Crippen MR) is 115 cm³/mol. The summed E-state index contributed by atoms with van der Waals surface area (Å²) >= 11 is 6.00. The Morgan fingerprint density at radius 1 is 1.36 bits per heavy atom. The minimum atomic E-state index is -0.344. The van der Waals surface area contributed by atoms with Crippen LogP contribution in [0.3, 0.4) is 0 Å². The molecule has 1 atom stereocenters. The monoisotopic (exact) mass is 399 g/mol. The van der Waals surface area contributed by atoms with E-state index in [4.69, 9.17) is 16.3 Å². The van der Waals surface area contributed by atoms with Crippen LogP contribution in [-0.2, 0) is 4.79 Å². The molecule has 0 aromatic heterocycles. The Labute approximate surface area is 171 Å². The molecule has 3 rings (SSSR count). The van der Waals surface area contributed by atoms with Gasteiger partial charge in [-0.2, -0.15) is 5.10 Å². The quantitative estimate of drug-likeness (QED) is 0.590. The third-order valence-corrected chi connectivity index (χ3v) is 5.57. The van der Waals surface area contributed by atoms with Crippen LogP contribution in [0.5, 0.6) is 5.75 Å². The average Bonchev–Trinajstić information content (AvgIpc) is 2.65. The SMILES string of the molecule is C[C@@H]1CC(C)(C)N(C)c2ccc(/C=N/NC(=O)COc3ccccc3Cl)cc21. The number of nitrogens with one attached hydrogen (secondary N) is 1. The van der Waals surface area contributed by atoms with Crippen molar-refractivity contribution >= 4 is 29.4 Å². The lowest BCUT2D eigenvalue weighted by molar-refractivity contribution is -0.123. The van der Waals surface area contributed by atoms with E-state index in [1.807, 2.05) is 6.07 Å². The van der Waals surface area contributed by atoms with Gasteiger partial charge in [0.15, 0.2) is 6.61 Å². The number of hydrazone groups is 1. The minimum Gasteiger partial charge on any atom is -0.482 e. The number of amides is 1. The van der Waals surface area contributed by atoms with Gasteiger partial charge in [0.2, 0.25) is 0 Å². The van der Waals surface area contributed by atoms with Gasteiger partial charge >= 0.3 is 0 Å². The van der Waals surface area contributed by atoms with Crippen LogP contribution in [0.2, 0.25) is 5.02 Å². The second kappa shape index (κ2) is 8.23. The molecular formula is C22H26ClN3O2. The third-order valence-electron chi connectivity index (χ3n) is 5.26. The molecular weight excluding hydrogens is 374 g/mol. The van der Waals surface area contributed by atoms with E-state index in [9.17, 15) is 4.79 Å². The van der Waals surface area contributed by atoms with Crippen molar-refractivity contribution in [2.75, 3.05) is 18.6 Å². The van der Waals surface area contributed by atoms with E-state index in [-0.39, 0.29) is 18.1 Å². The predicted octanol–water partition coefficient (Wildman–Crippen LogP) is 4.59. The summed E-state index contributed by atoms with van der Waals surface area (Å²) in [5.41, 5.74) is 6.13. The number of carbonyl (C=O) groups excluding carboxylic acids is 1. The number of para-hydroxylation sites is 1. The summed E-state index contributed by atoms with van der Waals surface area (Å²) in [4.78, 5) is 14.2. The first-order valence-electron chi connectivity index (χ1n) is 9.35. The van der Waals surface area contributed by atoms with Crippen molar-refractivity contribution in [1.82, 2.24) is 5.43 Å². The molecule has 148 valence electrons. The Morgan fingerprint density at radius 2 is 2.11 bits per heavy atom. The first-order valence-corrected chi connectivity index (χ1v) is 9.73. The highest BCUT2D eigenvalue weighted by molar-refractivity contribution is 6.32. The van der Waals surface area contributed by atoms with Crippen molar-refractivity contribution in [3.63, 3.8) is 0 Å². The summed E-state index contributed by atoms with van der Waals surface area (Å²) in [6, 6.07) is 13.3. The molecule has 2 aromatic carbocycles. The highest BCUT2D eigenvalue weighted by atomic mass is 35.5. The number of ether oxygens (including phenoxy) is 1. The Balaban J connectivity index is 1.60. The zero-order valence-electron chi connectivity index (χ0n) is 16.7. The number of halogens is 1. The van der Waals surface area contributed by atoms with E-state index in [2.05, 4.69) is 55.4 Å². The normalized spacial score (nSPS) is 18.0. The van der Waals surface area contributed by atoms with Crippen LogP contribution < -0.4 is 15.1 Å². The number of hydrogen-bond donors (Lipinski definition) is 1. The summed E-state index contributed by atoms with van der Waals surface area (Å²) in [7, 11) is 2.14. The lowest BCUT2D eigenvalue weighted by atomic mass is 9.80. The number of nitrogens with zero attached hydrogens (tertiary/aromatic N) is 2. The second-order valence-electron chi connectivity index (χ2n) is 7.81. The number of fused-ring (bicyclic) bond motifs is 1. The van der Waals surface area contributed by atoms with Gasteiger partial charge in [-0.1, -0.05) is 36.7 Å². The number of carbonyl (C=O) groups is 1. The summed E-state index contributed by atoms with van der Waals surface area (Å²) in [5.74, 6) is 0.594. The Morgan fingerprint density at radius 3 is 2.86 bits per heavy atom. The number of rotatable bonds is 5. The molecule has 0 spiro atoms. The van der Waals surface area contributed by atoms with Crippen molar-refractivity contribution in [2.45, 2.75) is 38.6 Å². The number of hydrogen-bond acceptors (Lipinski definition) is 4. The number of benzene rings is 2. The molecule has 1 heterocycles. The van der Waals surface area contributed by atoms with Crippen LogP contribution in [0.1, 0.15) is 44.2 Å². The zero-order chi connectivity index (χ0) is 20.3. The van der Waals surface area contributed by atoms with Crippen molar-refractivity contribution in [1.29, 1.82) is 0 Å². The Hall–Kier alpha value is -2.53. The van der Waals surface area contributed by atoms with Crippen molar-refractivity contribution in [3.05, 3.63) is 58.6 Å². The molecule has 0 saturated carbocycles. The smallest absolute Gasteiger partial charge is 0.277 e. The van der Waals surface area contributed by atoms with E-state index in [1.165, 1.54) is 11.3 Å². The van der Waals surface area contributed by atoms with Gasteiger partial charge in [-0.05, 0) is 61.6 Å². The molecule has 5 nitrogen and oxygen atoms in total. The molecule has 0 unspecified atom stereocenters. The molecule has 6 heteroatoms. The van der Waals surface area contributed by atoms with Crippen molar-refractivity contribution < 1.29 is 9.53 Å². The topological polar surface area (TPSA) is 53.9 Å². The molecule has 0 bridgehead atoms. The van der Waals surface area contributed by atoms with Gasteiger partial charge in [-0.3, -0.25) is 4.79 Å². The number of anilines is 1. The van der Waals surface area contributed by atoms with Gasteiger partial charge in [0.25, 0.3) is 5.91 Å². The van der Waals surface area contributed by atoms with E-state index < -0.39 is 0 Å². The van der Waals surface area contributed by atoms with Crippen LogP contribution in [0.4, 0.5) is 5.69 Å². The maximum Gasteiger partial charge on any atom is 0.277 e. The van der Waals surface area contributed by atoms with Crippen molar-refractivity contribution in [2.24, 2.45) is 5.10 Å².